The molecule has 0 radical (unpaired) electrons. The summed E-state index contributed by atoms with van der Waals surface area (Å²) in [6, 6.07) is 11.9. The van der Waals surface area contributed by atoms with Crippen molar-refractivity contribution in [1.29, 1.82) is 0 Å². The van der Waals surface area contributed by atoms with Crippen LogP contribution in [0.4, 0.5) is 5.69 Å². The van der Waals surface area contributed by atoms with Gasteiger partial charge in [0.15, 0.2) is 5.69 Å². The van der Waals surface area contributed by atoms with Crippen LogP contribution < -0.4 is 5.32 Å². The van der Waals surface area contributed by atoms with Gasteiger partial charge in [0.2, 0.25) is 5.91 Å². The summed E-state index contributed by atoms with van der Waals surface area (Å²) >= 11 is 1.18. The average Bonchev–Trinajstić information content (AvgIpc) is 3.53. The lowest BCUT2D eigenvalue weighted by atomic mass is 9.98. The number of anilines is 1. The molecule has 33 heavy (non-hydrogen) atoms. The Morgan fingerprint density at radius 3 is 2.70 bits per heavy atom. The summed E-state index contributed by atoms with van der Waals surface area (Å²) < 4.78 is 33.8. The van der Waals surface area contributed by atoms with Crippen LogP contribution in [0, 0.1) is 5.92 Å². The molecule has 1 N–H and O–H groups in total. The van der Waals surface area contributed by atoms with Gasteiger partial charge in [0.1, 0.15) is 4.21 Å². The van der Waals surface area contributed by atoms with Crippen molar-refractivity contribution in [2.75, 3.05) is 25.0 Å². The number of nitrogens with one attached hydrogen (secondary N) is 1. The van der Waals surface area contributed by atoms with Gasteiger partial charge in [-0.2, -0.15) is 9.40 Å². The van der Waals surface area contributed by atoms with Gasteiger partial charge in [0.05, 0.1) is 18.2 Å². The number of esters is 1. The number of aromatic nitrogens is 2. The van der Waals surface area contributed by atoms with E-state index in [1.807, 2.05) is 0 Å². The number of benzene rings is 1. The number of ether oxygens (including phenoxy) is 1. The molecule has 9 nitrogen and oxygen atoms in total. The zero-order valence-corrected chi connectivity index (χ0v) is 19.6. The van der Waals surface area contributed by atoms with Crippen molar-refractivity contribution in [2.24, 2.45) is 5.92 Å². The number of carbonyl (C=O) groups is 2. The molecular formula is C22H24N4O5S2. The monoisotopic (exact) mass is 488 g/mol. The van der Waals surface area contributed by atoms with Gasteiger partial charge in [0.25, 0.3) is 10.0 Å². The third-order valence-electron chi connectivity index (χ3n) is 5.32. The minimum Gasteiger partial charge on any atom is -0.461 e. The molecule has 1 aliphatic heterocycles. The lowest BCUT2D eigenvalue weighted by molar-refractivity contribution is -0.120. The average molecular weight is 489 g/mol. The molecule has 3 aromatic rings. The molecule has 1 unspecified atom stereocenters. The maximum absolute atomic E-state index is 12.8. The number of nitrogens with zero attached hydrogens (tertiary/aromatic N) is 3. The normalized spacial score (nSPS) is 16.9. The molecule has 1 aliphatic rings. The molecule has 1 fully saturated rings. The highest BCUT2D eigenvalue weighted by Gasteiger charge is 2.33. The topological polar surface area (TPSA) is 111 Å². The van der Waals surface area contributed by atoms with E-state index in [0.717, 1.165) is 5.69 Å². The number of thiophene rings is 1. The van der Waals surface area contributed by atoms with Crippen LogP contribution in [0.3, 0.4) is 0 Å². The third kappa shape index (κ3) is 5.15. The number of hydrogen-bond donors (Lipinski definition) is 1. The fraction of sp³-hybridized carbons (Fsp3) is 0.318. The van der Waals surface area contributed by atoms with Gasteiger partial charge in [-0.1, -0.05) is 6.07 Å². The zero-order chi connectivity index (χ0) is 23.4. The Hall–Kier alpha value is -3.02. The molecule has 0 saturated carbocycles. The van der Waals surface area contributed by atoms with Crippen molar-refractivity contribution < 1.29 is 22.7 Å². The molecule has 1 saturated heterocycles. The molecule has 174 valence electrons. The second kappa shape index (κ2) is 9.86. The lowest BCUT2D eigenvalue weighted by Gasteiger charge is -2.30. The van der Waals surface area contributed by atoms with Crippen LogP contribution in [-0.4, -0.2) is 54.1 Å². The van der Waals surface area contributed by atoms with Crippen LogP contribution >= 0.6 is 11.3 Å². The molecule has 2 aromatic heterocycles. The molecule has 11 heteroatoms. The molecule has 1 atom stereocenters. The van der Waals surface area contributed by atoms with Crippen LogP contribution in [0.15, 0.2) is 58.3 Å². The molecule has 1 amide bonds. The largest absolute Gasteiger partial charge is 0.461 e. The van der Waals surface area contributed by atoms with Gasteiger partial charge in [-0.25, -0.2) is 17.9 Å². The van der Waals surface area contributed by atoms with E-state index in [1.54, 1.807) is 65.6 Å². The van der Waals surface area contributed by atoms with Crippen molar-refractivity contribution in [3.63, 3.8) is 0 Å². The maximum atomic E-state index is 12.8. The summed E-state index contributed by atoms with van der Waals surface area (Å²) in [4.78, 5) is 24.6. The molecule has 0 spiro atoms. The van der Waals surface area contributed by atoms with Gasteiger partial charge in [0, 0.05) is 25.0 Å². The summed E-state index contributed by atoms with van der Waals surface area (Å²) in [5.41, 5.74) is 1.53. The Bertz CT molecular complexity index is 1220. The molecule has 3 heterocycles. The van der Waals surface area contributed by atoms with Crippen LogP contribution in [0.5, 0.6) is 0 Å². The smallest absolute Gasteiger partial charge is 0.358 e. The zero-order valence-electron chi connectivity index (χ0n) is 18.0. The Labute approximate surface area is 196 Å². The second-order valence-corrected chi connectivity index (χ2v) is 10.6. The van der Waals surface area contributed by atoms with Gasteiger partial charge in [-0.3, -0.25) is 4.79 Å². The SMILES string of the molecule is CCOC(=O)c1ccn(-c2ccc(NC(=O)C3CCCN(S(=O)(=O)c4cccs4)C3)cc2)n1. The number of piperidine rings is 1. The number of sulfonamides is 1. The van der Waals surface area contributed by atoms with E-state index in [-0.39, 0.29) is 24.8 Å². The first kappa shape index (κ1) is 23.1. The highest BCUT2D eigenvalue weighted by Crippen LogP contribution is 2.27. The van der Waals surface area contributed by atoms with E-state index in [0.29, 0.717) is 29.3 Å². The maximum Gasteiger partial charge on any atom is 0.358 e. The third-order valence-corrected chi connectivity index (χ3v) is 8.56. The Morgan fingerprint density at radius 2 is 2.00 bits per heavy atom. The molecular weight excluding hydrogens is 464 g/mol. The number of carbonyl (C=O) groups excluding carboxylic acids is 2. The Kier molecular flexibility index (Phi) is 6.91. The minimum absolute atomic E-state index is 0.161. The highest BCUT2D eigenvalue weighted by atomic mass is 32.2. The van der Waals surface area contributed by atoms with Gasteiger partial charge >= 0.3 is 5.97 Å². The Balaban J connectivity index is 1.39. The number of rotatable bonds is 7. The second-order valence-electron chi connectivity index (χ2n) is 7.54. The number of hydrogen-bond acceptors (Lipinski definition) is 7. The standard InChI is InChI=1S/C22H24N4O5S2/c1-2-31-22(28)19-11-13-26(24-19)18-9-7-17(8-10-18)23-21(27)16-5-3-12-25(15-16)33(29,30)20-6-4-14-32-20/h4,6-11,13-14,16H,2-3,5,12,15H2,1H3,(H,23,27). The Morgan fingerprint density at radius 1 is 1.21 bits per heavy atom. The highest BCUT2D eigenvalue weighted by molar-refractivity contribution is 7.91. The van der Waals surface area contributed by atoms with Crippen LogP contribution in [-0.2, 0) is 19.6 Å². The fourth-order valence-electron chi connectivity index (χ4n) is 3.64. The number of amides is 1. The summed E-state index contributed by atoms with van der Waals surface area (Å²) in [6.07, 6.45) is 2.92. The van der Waals surface area contributed by atoms with E-state index >= 15 is 0 Å². The lowest BCUT2D eigenvalue weighted by Crippen LogP contribution is -2.43. The molecule has 0 bridgehead atoms. The van der Waals surface area contributed by atoms with E-state index < -0.39 is 21.9 Å². The molecule has 1 aromatic carbocycles. The molecule has 4 rings (SSSR count). The predicted molar refractivity (Wildman–Crippen MR) is 124 cm³/mol. The van der Waals surface area contributed by atoms with Crippen molar-refractivity contribution in [1.82, 2.24) is 14.1 Å². The van der Waals surface area contributed by atoms with Crippen molar-refractivity contribution in [2.45, 2.75) is 24.0 Å². The summed E-state index contributed by atoms with van der Waals surface area (Å²) in [6.45, 7) is 2.58. The summed E-state index contributed by atoms with van der Waals surface area (Å²) in [5.74, 6) is -1.12. The first-order valence-electron chi connectivity index (χ1n) is 10.6. The van der Waals surface area contributed by atoms with E-state index in [4.69, 9.17) is 4.74 Å². The van der Waals surface area contributed by atoms with Gasteiger partial charge in [-0.05, 0) is 61.5 Å². The van der Waals surface area contributed by atoms with Gasteiger partial charge in [-0.15, -0.1) is 11.3 Å². The van der Waals surface area contributed by atoms with Crippen LogP contribution in [0.25, 0.3) is 5.69 Å². The first-order chi connectivity index (χ1) is 15.9. The van der Waals surface area contributed by atoms with E-state index in [1.165, 1.54) is 15.6 Å². The molecule has 0 aliphatic carbocycles. The van der Waals surface area contributed by atoms with Gasteiger partial charge < -0.3 is 10.1 Å². The quantitative estimate of drug-likeness (QED) is 0.512. The van der Waals surface area contributed by atoms with Crippen molar-refractivity contribution >= 4 is 38.9 Å². The van der Waals surface area contributed by atoms with E-state index in [9.17, 15) is 18.0 Å². The first-order valence-corrected chi connectivity index (χ1v) is 12.9. The minimum atomic E-state index is -3.57. The van der Waals surface area contributed by atoms with Crippen molar-refractivity contribution in [3.05, 3.63) is 59.7 Å². The predicted octanol–water partition coefficient (Wildman–Crippen LogP) is 3.15. The summed E-state index contributed by atoms with van der Waals surface area (Å²) in [7, 11) is -3.57. The summed E-state index contributed by atoms with van der Waals surface area (Å²) in [5, 5.41) is 8.81. The van der Waals surface area contributed by atoms with Crippen LogP contribution in [0.1, 0.15) is 30.3 Å². The van der Waals surface area contributed by atoms with E-state index in [2.05, 4.69) is 10.4 Å². The van der Waals surface area contributed by atoms with Crippen LogP contribution in [0.2, 0.25) is 0 Å². The van der Waals surface area contributed by atoms with Crippen molar-refractivity contribution in [3.8, 4) is 5.69 Å². The fourth-order valence-corrected chi connectivity index (χ4v) is 6.30.